The van der Waals surface area contributed by atoms with E-state index in [1.54, 1.807) is 18.4 Å². The summed E-state index contributed by atoms with van der Waals surface area (Å²) in [5.41, 5.74) is 0.574. The Kier molecular flexibility index (Phi) is 4.37. The first-order valence-electron chi connectivity index (χ1n) is 7.25. The molecule has 0 radical (unpaired) electrons. The van der Waals surface area contributed by atoms with Crippen molar-refractivity contribution in [1.82, 2.24) is 4.98 Å². The maximum absolute atomic E-state index is 12.6. The highest BCUT2D eigenvalue weighted by atomic mass is 35.5. The average molecular weight is 351 g/mol. The molecule has 0 unspecified atom stereocenters. The number of thiazole rings is 1. The first-order valence-corrected chi connectivity index (χ1v) is 8.51. The Hall–Kier alpha value is -1.92. The van der Waals surface area contributed by atoms with Gasteiger partial charge in [-0.3, -0.25) is 4.79 Å². The highest BCUT2D eigenvalue weighted by Gasteiger charge is 2.51. The lowest BCUT2D eigenvalue weighted by atomic mass is 9.95. The van der Waals surface area contributed by atoms with E-state index in [-0.39, 0.29) is 18.2 Å². The fourth-order valence-corrected chi connectivity index (χ4v) is 3.27. The number of nitrogens with zero attached hydrogens (tertiary/aromatic N) is 1. The number of rotatable bonds is 5. The van der Waals surface area contributed by atoms with E-state index in [1.807, 2.05) is 18.2 Å². The molecule has 5 nitrogen and oxygen atoms in total. The maximum atomic E-state index is 12.6. The molecule has 1 aliphatic rings. The van der Waals surface area contributed by atoms with E-state index in [0.29, 0.717) is 10.2 Å². The molecule has 1 fully saturated rings. The van der Waals surface area contributed by atoms with Gasteiger partial charge in [0.05, 0.1) is 12.0 Å². The Morgan fingerprint density at radius 2 is 2.22 bits per heavy atom. The number of hydrogen-bond acceptors (Lipinski definition) is 5. The number of hydrogen-bond donors (Lipinski definition) is 1. The van der Waals surface area contributed by atoms with Crippen LogP contribution in [0.3, 0.4) is 0 Å². The van der Waals surface area contributed by atoms with Gasteiger partial charge in [0.15, 0.2) is 10.8 Å². The minimum atomic E-state index is -0.541. The minimum Gasteiger partial charge on any atom is -0.461 e. The number of ether oxygens (including phenoxy) is 1. The molecule has 2 aromatic rings. The zero-order valence-electron chi connectivity index (χ0n) is 12.5. The van der Waals surface area contributed by atoms with Crippen molar-refractivity contribution in [2.75, 3.05) is 11.9 Å². The van der Waals surface area contributed by atoms with Crippen LogP contribution in [0.5, 0.6) is 0 Å². The van der Waals surface area contributed by atoms with Gasteiger partial charge in [0.1, 0.15) is 0 Å². The summed E-state index contributed by atoms with van der Waals surface area (Å²) < 4.78 is 4.89. The second-order valence-electron chi connectivity index (χ2n) is 5.30. The fourth-order valence-electron chi connectivity index (χ4n) is 2.40. The summed E-state index contributed by atoms with van der Waals surface area (Å²) in [6.07, 6.45) is 1.55. The third-order valence-electron chi connectivity index (χ3n) is 3.77. The molecule has 1 aromatic carbocycles. The van der Waals surface area contributed by atoms with Crippen LogP contribution in [-0.4, -0.2) is 23.5 Å². The fraction of sp³-hybridized carbons (Fsp3) is 0.312. The van der Waals surface area contributed by atoms with E-state index in [0.717, 1.165) is 18.4 Å². The third kappa shape index (κ3) is 3.23. The van der Waals surface area contributed by atoms with E-state index in [1.165, 1.54) is 11.3 Å². The highest BCUT2D eigenvalue weighted by molar-refractivity contribution is 7.14. The monoisotopic (exact) mass is 350 g/mol. The summed E-state index contributed by atoms with van der Waals surface area (Å²) in [4.78, 5) is 28.3. The van der Waals surface area contributed by atoms with Crippen molar-refractivity contribution in [2.24, 2.45) is 0 Å². The van der Waals surface area contributed by atoms with Crippen molar-refractivity contribution in [3.05, 3.63) is 45.9 Å². The topological polar surface area (TPSA) is 68.3 Å². The van der Waals surface area contributed by atoms with Crippen LogP contribution < -0.4 is 5.32 Å². The number of benzene rings is 1. The summed E-state index contributed by atoms with van der Waals surface area (Å²) in [5.74, 6) is -0.607. The van der Waals surface area contributed by atoms with Gasteiger partial charge in [0.2, 0.25) is 5.91 Å². The van der Waals surface area contributed by atoms with E-state index in [2.05, 4.69) is 10.3 Å². The van der Waals surface area contributed by atoms with Crippen LogP contribution >= 0.6 is 22.9 Å². The Labute approximate surface area is 142 Å². The standard InChI is InChI=1S/C16H15ClN2O3S/c1-2-22-13(20)12-9-23-15(18-12)19-14(21)16(6-7-16)10-4-3-5-11(17)8-10/h3-5,8-9H,2,6-7H2,1H3,(H,18,19,21). The molecule has 1 aliphatic carbocycles. The first-order chi connectivity index (χ1) is 11.0. The lowest BCUT2D eigenvalue weighted by molar-refractivity contribution is -0.118. The van der Waals surface area contributed by atoms with E-state index >= 15 is 0 Å². The third-order valence-corrected chi connectivity index (χ3v) is 4.76. The van der Waals surface area contributed by atoms with Crippen molar-refractivity contribution in [3.8, 4) is 0 Å². The summed E-state index contributed by atoms with van der Waals surface area (Å²) in [6.45, 7) is 2.02. The SMILES string of the molecule is CCOC(=O)c1csc(NC(=O)C2(c3cccc(Cl)c3)CC2)n1. The molecule has 7 heteroatoms. The van der Waals surface area contributed by atoms with Crippen molar-refractivity contribution >= 4 is 39.9 Å². The molecule has 1 N–H and O–H groups in total. The number of halogens is 1. The highest BCUT2D eigenvalue weighted by Crippen LogP contribution is 2.49. The Balaban J connectivity index is 1.73. The molecule has 23 heavy (non-hydrogen) atoms. The van der Waals surface area contributed by atoms with Crippen molar-refractivity contribution < 1.29 is 14.3 Å². The second kappa shape index (κ2) is 6.29. The molecular formula is C16H15ClN2O3S. The maximum Gasteiger partial charge on any atom is 0.357 e. The number of carbonyl (C=O) groups is 2. The Morgan fingerprint density at radius 3 is 2.87 bits per heavy atom. The second-order valence-corrected chi connectivity index (χ2v) is 6.60. The number of esters is 1. The Morgan fingerprint density at radius 1 is 1.43 bits per heavy atom. The molecule has 0 aliphatic heterocycles. The Bertz CT molecular complexity index is 755. The summed E-state index contributed by atoms with van der Waals surface area (Å²) in [6, 6.07) is 7.35. The number of amides is 1. The van der Waals surface area contributed by atoms with Gasteiger partial charge in [-0.25, -0.2) is 9.78 Å². The van der Waals surface area contributed by atoms with Crippen LogP contribution in [0.25, 0.3) is 0 Å². The zero-order valence-corrected chi connectivity index (χ0v) is 14.0. The molecule has 1 amide bonds. The van der Waals surface area contributed by atoms with E-state index in [9.17, 15) is 9.59 Å². The molecule has 3 rings (SSSR count). The molecule has 1 saturated carbocycles. The molecule has 0 atom stereocenters. The smallest absolute Gasteiger partial charge is 0.357 e. The van der Waals surface area contributed by atoms with Crippen molar-refractivity contribution in [1.29, 1.82) is 0 Å². The molecule has 0 saturated heterocycles. The normalized spacial score (nSPS) is 15.0. The quantitative estimate of drug-likeness (QED) is 0.836. The van der Waals surface area contributed by atoms with Crippen LogP contribution in [0.1, 0.15) is 35.8 Å². The van der Waals surface area contributed by atoms with Gasteiger partial charge < -0.3 is 10.1 Å². The van der Waals surface area contributed by atoms with Gasteiger partial charge in [0.25, 0.3) is 0 Å². The molecule has 1 heterocycles. The predicted octanol–water partition coefficient (Wildman–Crippen LogP) is 3.64. The first kappa shape index (κ1) is 16.0. The molecule has 1 aromatic heterocycles. The van der Waals surface area contributed by atoms with Crippen molar-refractivity contribution in [2.45, 2.75) is 25.2 Å². The van der Waals surface area contributed by atoms with Crippen LogP contribution in [0.15, 0.2) is 29.6 Å². The van der Waals surface area contributed by atoms with Crippen LogP contribution in [-0.2, 0) is 14.9 Å². The van der Waals surface area contributed by atoms with Crippen LogP contribution in [0.2, 0.25) is 5.02 Å². The number of anilines is 1. The summed E-state index contributed by atoms with van der Waals surface area (Å²) in [7, 11) is 0. The number of nitrogens with one attached hydrogen (secondary N) is 1. The summed E-state index contributed by atoms with van der Waals surface area (Å²) >= 11 is 7.22. The molecule has 120 valence electrons. The lowest BCUT2D eigenvalue weighted by Gasteiger charge is -2.14. The largest absolute Gasteiger partial charge is 0.461 e. The van der Waals surface area contributed by atoms with Gasteiger partial charge in [-0.1, -0.05) is 23.7 Å². The summed E-state index contributed by atoms with van der Waals surface area (Å²) in [5, 5.41) is 5.38. The lowest BCUT2D eigenvalue weighted by Crippen LogP contribution is -2.27. The van der Waals surface area contributed by atoms with Gasteiger partial charge >= 0.3 is 5.97 Å². The van der Waals surface area contributed by atoms with Gasteiger partial charge in [-0.2, -0.15) is 0 Å². The van der Waals surface area contributed by atoms with E-state index < -0.39 is 11.4 Å². The van der Waals surface area contributed by atoms with Crippen molar-refractivity contribution in [3.63, 3.8) is 0 Å². The van der Waals surface area contributed by atoms with Gasteiger partial charge in [-0.15, -0.1) is 11.3 Å². The van der Waals surface area contributed by atoms with Gasteiger partial charge in [0, 0.05) is 10.4 Å². The van der Waals surface area contributed by atoms with Gasteiger partial charge in [-0.05, 0) is 37.5 Å². The van der Waals surface area contributed by atoms with Crippen LogP contribution in [0.4, 0.5) is 5.13 Å². The van der Waals surface area contributed by atoms with E-state index in [4.69, 9.17) is 16.3 Å². The minimum absolute atomic E-state index is 0.121. The van der Waals surface area contributed by atoms with Crippen LogP contribution in [0, 0.1) is 0 Å². The predicted molar refractivity (Wildman–Crippen MR) is 89.1 cm³/mol. The zero-order chi connectivity index (χ0) is 16.4. The molecule has 0 bridgehead atoms. The number of carbonyl (C=O) groups excluding carboxylic acids is 2. The molecule has 0 spiro atoms. The molecular weight excluding hydrogens is 336 g/mol. The average Bonchev–Trinajstić information content (AvgIpc) is 3.22. The number of aromatic nitrogens is 1.